The van der Waals surface area contributed by atoms with Gasteiger partial charge in [0.25, 0.3) is 11.8 Å². The number of amides is 3. The first-order chi connectivity index (χ1) is 19.2. The van der Waals surface area contributed by atoms with E-state index in [2.05, 4.69) is 15.5 Å². The second kappa shape index (κ2) is 13.4. The molecular weight excluding hydrogens is 531 g/mol. The fraction of sp³-hybridized carbons (Fsp3) is 0.323. The van der Waals surface area contributed by atoms with Crippen molar-refractivity contribution in [3.05, 3.63) is 94.3 Å². The molecule has 0 aliphatic carbocycles. The third kappa shape index (κ3) is 7.82. The van der Waals surface area contributed by atoms with E-state index in [0.29, 0.717) is 60.4 Å². The van der Waals surface area contributed by atoms with Gasteiger partial charge in [-0.05, 0) is 72.5 Å². The summed E-state index contributed by atoms with van der Waals surface area (Å²) in [5, 5.41) is 6.31. The van der Waals surface area contributed by atoms with Crippen LogP contribution in [-0.2, 0) is 11.3 Å². The van der Waals surface area contributed by atoms with Crippen LogP contribution in [0.25, 0.3) is 0 Å². The lowest BCUT2D eigenvalue weighted by Gasteiger charge is -2.26. The van der Waals surface area contributed by atoms with Gasteiger partial charge >= 0.3 is 0 Å². The molecule has 3 aromatic carbocycles. The molecule has 0 atom stereocenters. The third-order valence-corrected chi connectivity index (χ3v) is 7.00. The molecule has 2 N–H and O–H groups in total. The first-order valence-corrected chi connectivity index (χ1v) is 13.8. The number of benzene rings is 3. The quantitative estimate of drug-likeness (QED) is 0.365. The van der Waals surface area contributed by atoms with Crippen molar-refractivity contribution in [3.63, 3.8) is 0 Å². The molecule has 9 heteroatoms. The summed E-state index contributed by atoms with van der Waals surface area (Å²) in [5.74, 6) is -0.549. The molecule has 3 amide bonds. The minimum absolute atomic E-state index is 0.148. The summed E-state index contributed by atoms with van der Waals surface area (Å²) in [5.41, 5.74) is 2.79. The summed E-state index contributed by atoms with van der Waals surface area (Å²) in [7, 11) is 0. The van der Waals surface area contributed by atoms with E-state index in [0.717, 1.165) is 17.7 Å². The average Bonchev–Trinajstić information content (AvgIpc) is 3.19. The number of halogens is 2. The van der Waals surface area contributed by atoms with Gasteiger partial charge in [-0.3, -0.25) is 14.4 Å². The van der Waals surface area contributed by atoms with Crippen molar-refractivity contribution in [1.29, 1.82) is 0 Å². The fourth-order valence-electron chi connectivity index (χ4n) is 4.64. The van der Waals surface area contributed by atoms with Crippen molar-refractivity contribution in [2.75, 3.05) is 36.4 Å². The highest BCUT2D eigenvalue weighted by Crippen LogP contribution is 2.27. The second-order valence-electron chi connectivity index (χ2n) is 10.3. The molecular formula is C31H34ClFN4O3. The predicted octanol–water partition coefficient (Wildman–Crippen LogP) is 5.75. The zero-order valence-electron chi connectivity index (χ0n) is 22.8. The van der Waals surface area contributed by atoms with Crippen molar-refractivity contribution >= 4 is 40.7 Å². The minimum Gasteiger partial charge on any atom is -0.369 e. The minimum atomic E-state index is -0.344. The van der Waals surface area contributed by atoms with Crippen LogP contribution in [0.2, 0.25) is 5.02 Å². The highest BCUT2D eigenvalue weighted by atomic mass is 35.5. The Hall–Kier alpha value is -3.91. The van der Waals surface area contributed by atoms with Crippen LogP contribution in [0, 0.1) is 11.7 Å². The lowest BCUT2D eigenvalue weighted by molar-refractivity contribution is -0.131. The van der Waals surface area contributed by atoms with Crippen LogP contribution >= 0.6 is 11.6 Å². The Kier molecular flexibility index (Phi) is 9.77. The monoisotopic (exact) mass is 564 g/mol. The summed E-state index contributed by atoms with van der Waals surface area (Å²) in [6.45, 7) is 6.79. The molecule has 0 bridgehead atoms. The van der Waals surface area contributed by atoms with Gasteiger partial charge in [0.15, 0.2) is 0 Å². The fourth-order valence-corrected chi connectivity index (χ4v) is 4.77. The Balaban J connectivity index is 1.56. The Labute approximate surface area is 239 Å². The predicted molar refractivity (Wildman–Crippen MR) is 156 cm³/mol. The van der Waals surface area contributed by atoms with E-state index in [-0.39, 0.29) is 30.1 Å². The lowest BCUT2D eigenvalue weighted by atomic mass is 10.1. The number of nitrogens with one attached hydrogen (secondary N) is 2. The molecule has 1 saturated heterocycles. The van der Waals surface area contributed by atoms with Gasteiger partial charge < -0.3 is 20.4 Å². The Morgan fingerprint density at radius 2 is 1.62 bits per heavy atom. The number of rotatable bonds is 8. The maximum atomic E-state index is 13.5. The summed E-state index contributed by atoms with van der Waals surface area (Å²) in [4.78, 5) is 43.0. The zero-order chi connectivity index (χ0) is 28.6. The first-order valence-electron chi connectivity index (χ1n) is 13.5. The molecule has 1 fully saturated rings. The topological polar surface area (TPSA) is 81.8 Å². The Morgan fingerprint density at radius 1 is 0.900 bits per heavy atom. The van der Waals surface area contributed by atoms with Gasteiger partial charge in [-0.1, -0.05) is 37.6 Å². The molecule has 3 aromatic rings. The SMILES string of the molecule is CC(C)CC(=O)N1CCCN(c2ccc(NC(=O)c3ccc(Cl)cc3)cc2C(=O)NCc2ccc(F)cc2)CC1. The van der Waals surface area contributed by atoms with Gasteiger partial charge in [0.1, 0.15) is 5.82 Å². The Bertz CT molecular complexity index is 1350. The van der Waals surface area contributed by atoms with Gasteiger partial charge in [0.2, 0.25) is 5.91 Å². The van der Waals surface area contributed by atoms with E-state index in [1.807, 2.05) is 24.8 Å². The van der Waals surface area contributed by atoms with E-state index >= 15 is 0 Å². The second-order valence-corrected chi connectivity index (χ2v) is 10.8. The van der Waals surface area contributed by atoms with Gasteiger partial charge in [0.05, 0.1) is 5.56 Å². The van der Waals surface area contributed by atoms with Gasteiger partial charge in [0, 0.05) is 61.1 Å². The molecule has 1 aliphatic rings. The molecule has 1 aliphatic heterocycles. The van der Waals surface area contributed by atoms with Crippen molar-refractivity contribution in [1.82, 2.24) is 10.2 Å². The molecule has 7 nitrogen and oxygen atoms in total. The molecule has 4 rings (SSSR count). The molecule has 40 heavy (non-hydrogen) atoms. The average molecular weight is 565 g/mol. The molecule has 210 valence electrons. The molecule has 1 heterocycles. The van der Waals surface area contributed by atoms with E-state index < -0.39 is 0 Å². The highest BCUT2D eigenvalue weighted by Gasteiger charge is 2.23. The van der Waals surface area contributed by atoms with Crippen LogP contribution in [0.15, 0.2) is 66.7 Å². The largest absolute Gasteiger partial charge is 0.369 e. The molecule has 0 saturated carbocycles. The normalized spacial score (nSPS) is 13.6. The van der Waals surface area contributed by atoms with Crippen LogP contribution in [0.5, 0.6) is 0 Å². The molecule has 0 aromatic heterocycles. The lowest BCUT2D eigenvalue weighted by Crippen LogP contribution is -2.36. The number of anilines is 2. The molecule has 0 spiro atoms. The zero-order valence-corrected chi connectivity index (χ0v) is 23.5. The number of carbonyl (C=O) groups excluding carboxylic acids is 3. The van der Waals surface area contributed by atoms with Crippen molar-refractivity contribution in [2.45, 2.75) is 33.2 Å². The summed E-state index contributed by atoms with van der Waals surface area (Å²) >= 11 is 5.94. The molecule has 0 unspecified atom stereocenters. The van der Waals surface area contributed by atoms with Crippen molar-refractivity contribution < 1.29 is 18.8 Å². The van der Waals surface area contributed by atoms with Crippen LogP contribution < -0.4 is 15.5 Å². The van der Waals surface area contributed by atoms with Crippen molar-refractivity contribution in [2.24, 2.45) is 5.92 Å². The van der Waals surface area contributed by atoms with E-state index in [1.54, 1.807) is 48.5 Å². The van der Waals surface area contributed by atoms with E-state index in [9.17, 15) is 18.8 Å². The van der Waals surface area contributed by atoms with Crippen LogP contribution in [0.1, 0.15) is 53.0 Å². The number of carbonyl (C=O) groups is 3. The number of hydrogen-bond donors (Lipinski definition) is 2. The first kappa shape index (κ1) is 29.1. The van der Waals surface area contributed by atoms with Crippen LogP contribution in [0.3, 0.4) is 0 Å². The van der Waals surface area contributed by atoms with Crippen molar-refractivity contribution in [3.8, 4) is 0 Å². The van der Waals surface area contributed by atoms with Gasteiger partial charge in [-0.2, -0.15) is 0 Å². The van der Waals surface area contributed by atoms with Crippen LogP contribution in [0.4, 0.5) is 15.8 Å². The smallest absolute Gasteiger partial charge is 0.255 e. The van der Waals surface area contributed by atoms with Crippen LogP contribution in [-0.4, -0.2) is 48.8 Å². The third-order valence-electron chi connectivity index (χ3n) is 6.74. The highest BCUT2D eigenvalue weighted by molar-refractivity contribution is 6.30. The number of hydrogen-bond acceptors (Lipinski definition) is 4. The van der Waals surface area contributed by atoms with E-state index in [4.69, 9.17) is 11.6 Å². The standard InChI is InChI=1S/C31H34ClFN4O3/c1-21(2)18-29(38)37-15-3-14-36(16-17-37)28-13-12-26(35-30(39)23-6-8-24(32)9-7-23)19-27(28)31(40)34-20-22-4-10-25(33)11-5-22/h4-13,19,21H,3,14-18,20H2,1-2H3,(H,34,40)(H,35,39). The van der Waals surface area contributed by atoms with Gasteiger partial charge in [-0.15, -0.1) is 0 Å². The summed E-state index contributed by atoms with van der Waals surface area (Å²) in [6.07, 6.45) is 1.29. The molecule has 0 radical (unpaired) electrons. The summed E-state index contributed by atoms with van der Waals surface area (Å²) in [6, 6.07) is 17.8. The maximum Gasteiger partial charge on any atom is 0.255 e. The number of nitrogens with zero attached hydrogens (tertiary/aromatic N) is 2. The Morgan fingerprint density at radius 3 is 2.33 bits per heavy atom. The van der Waals surface area contributed by atoms with E-state index in [1.165, 1.54) is 12.1 Å². The summed E-state index contributed by atoms with van der Waals surface area (Å²) < 4.78 is 13.3. The van der Waals surface area contributed by atoms with Gasteiger partial charge in [-0.25, -0.2) is 4.39 Å². The maximum absolute atomic E-state index is 13.5.